The molecule has 7 heteroatoms. The van der Waals surface area contributed by atoms with Crippen molar-refractivity contribution in [1.29, 1.82) is 0 Å². The molecule has 0 spiro atoms. The summed E-state index contributed by atoms with van der Waals surface area (Å²) in [6.45, 7) is 2.56. The summed E-state index contributed by atoms with van der Waals surface area (Å²) < 4.78 is 2.14. The number of benzene rings is 2. The largest absolute Gasteiger partial charge is 0.340 e. The minimum Gasteiger partial charge on any atom is -0.340 e. The fraction of sp³-hybridized carbons (Fsp3) is 0.136. The molecule has 1 aliphatic heterocycles. The molecule has 1 fully saturated rings. The van der Waals surface area contributed by atoms with Crippen molar-refractivity contribution in [2.24, 2.45) is 0 Å². The first-order valence-corrected chi connectivity index (χ1v) is 9.83. The number of fused-ring (bicyclic) bond motifs is 1. The lowest BCUT2D eigenvalue weighted by atomic mass is 10.1. The Morgan fingerprint density at radius 3 is 2.55 bits per heavy atom. The minimum atomic E-state index is -0.486. The molecule has 0 unspecified atom stereocenters. The lowest BCUT2D eigenvalue weighted by molar-refractivity contribution is -0.128. The van der Waals surface area contributed by atoms with E-state index in [0.29, 0.717) is 11.6 Å². The van der Waals surface area contributed by atoms with Gasteiger partial charge in [-0.25, -0.2) is 0 Å². The topological polar surface area (TPSA) is 54.3 Å². The molecule has 0 aliphatic carbocycles. The van der Waals surface area contributed by atoms with E-state index in [1.165, 1.54) is 4.90 Å². The second-order valence-electron chi connectivity index (χ2n) is 6.88. The maximum atomic E-state index is 12.6. The molecule has 0 radical (unpaired) electrons. The van der Waals surface area contributed by atoms with Crippen LogP contribution in [-0.4, -0.2) is 33.4 Å². The van der Waals surface area contributed by atoms with Crippen LogP contribution < -0.4 is 5.32 Å². The van der Waals surface area contributed by atoms with Gasteiger partial charge < -0.3 is 4.57 Å². The van der Waals surface area contributed by atoms with Gasteiger partial charge in [-0.05, 0) is 42.9 Å². The van der Waals surface area contributed by atoms with E-state index in [2.05, 4.69) is 9.88 Å². The van der Waals surface area contributed by atoms with E-state index >= 15 is 0 Å². The number of carbonyl (C=O) groups excluding carboxylic acids is 2. The predicted molar refractivity (Wildman–Crippen MR) is 119 cm³/mol. The average molecular weight is 424 g/mol. The average Bonchev–Trinajstić information content (AvgIpc) is 2.97. The SMILES string of the molecule is Cc1c(/C=C2\C(=O)NC(=S)N(C)C2=O)c2ccccc2n1Cc1ccccc1Cl. The first kappa shape index (κ1) is 19.4. The Morgan fingerprint density at radius 2 is 1.79 bits per heavy atom. The van der Waals surface area contributed by atoms with Crippen LogP contribution in [0.15, 0.2) is 54.1 Å². The number of hydrogen-bond acceptors (Lipinski definition) is 3. The molecule has 0 atom stereocenters. The summed E-state index contributed by atoms with van der Waals surface area (Å²) in [5, 5.41) is 4.32. The van der Waals surface area contributed by atoms with Gasteiger partial charge in [-0.2, -0.15) is 0 Å². The molecule has 2 heterocycles. The molecule has 29 heavy (non-hydrogen) atoms. The monoisotopic (exact) mass is 423 g/mol. The molecule has 0 bridgehead atoms. The number of hydrogen-bond donors (Lipinski definition) is 1. The Kier molecular flexibility index (Phi) is 4.98. The fourth-order valence-corrected chi connectivity index (χ4v) is 3.90. The van der Waals surface area contributed by atoms with Crippen LogP contribution in [0.3, 0.4) is 0 Å². The van der Waals surface area contributed by atoms with E-state index in [0.717, 1.165) is 27.7 Å². The highest BCUT2D eigenvalue weighted by molar-refractivity contribution is 7.80. The number of para-hydroxylation sites is 1. The van der Waals surface area contributed by atoms with Crippen LogP contribution in [0, 0.1) is 6.92 Å². The van der Waals surface area contributed by atoms with Crippen molar-refractivity contribution >= 4 is 57.7 Å². The zero-order valence-corrected chi connectivity index (χ0v) is 17.5. The van der Waals surface area contributed by atoms with Crippen molar-refractivity contribution in [3.63, 3.8) is 0 Å². The van der Waals surface area contributed by atoms with Gasteiger partial charge >= 0.3 is 0 Å². The Hall–Kier alpha value is -2.96. The first-order chi connectivity index (χ1) is 13.9. The van der Waals surface area contributed by atoms with Gasteiger partial charge in [0.15, 0.2) is 5.11 Å². The van der Waals surface area contributed by atoms with E-state index in [9.17, 15) is 9.59 Å². The third-order valence-corrected chi connectivity index (χ3v) is 5.90. The van der Waals surface area contributed by atoms with E-state index < -0.39 is 11.8 Å². The normalized spacial score (nSPS) is 16.0. The predicted octanol–water partition coefficient (Wildman–Crippen LogP) is 3.91. The molecule has 1 aromatic heterocycles. The van der Waals surface area contributed by atoms with Crippen LogP contribution in [0.4, 0.5) is 0 Å². The Morgan fingerprint density at radius 1 is 1.10 bits per heavy atom. The second kappa shape index (κ2) is 7.46. The molecule has 1 aliphatic rings. The molecule has 146 valence electrons. The number of halogens is 1. The zero-order valence-electron chi connectivity index (χ0n) is 15.9. The summed E-state index contributed by atoms with van der Waals surface area (Å²) in [4.78, 5) is 26.3. The third kappa shape index (κ3) is 3.34. The molecule has 3 aromatic rings. The number of likely N-dealkylation sites (N-methyl/N-ethyl adjacent to an activating group) is 1. The lowest BCUT2D eigenvalue weighted by Gasteiger charge is -2.25. The molecule has 4 rings (SSSR count). The van der Waals surface area contributed by atoms with Crippen LogP contribution in [0.25, 0.3) is 17.0 Å². The van der Waals surface area contributed by atoms with E-state index in [1.54, 1.807) is 13.1 Å². The van der Waals surface area contributed by atoms with Gasteiger partial charge in [0.05, 0.1) is 0 Å². The van der Waals surface area contributed by atoms with Gasteiger partial charge in [0, 0.05) is 40.8 Å². The molecule has 0 saturated carbocycles. The number of rotatable bonds is 3. The summed E-state index contributed by atoms with van der Waals surface area (Å²) >= 11 is 11.4. The van der Waals surface area contributed by atoms with Gasteiger partial charge in [0.1, 0.15) is 5.57 Å². The summed E-state index contributed by atoms with van der Waals surface area (Å²) in [6, 6.07) is 15.6. The molecule has 2 aromatic carbocycles. The highest BCUT2D eigenvalue weighted by Gasteiger charge is 2.31. The Bertz CT molecular complexity index is 1210. The van der Waals surface area contributed by atoms with Gasteiger partial charge in [-0.3, -0.25) is 19.8 Å². The standard InChI is InChI=1S/C22H18ClN3O2S/c1-13-16(11-17-20(27)24-22(29)25(2)21(17)28)15-8-4-6-10-19(15)26(13)12-14-7-3-5-9-18(14)23/h3-11H,12H2,1-2H3,(H,24,27,29)/b17-11+. The van der Waals surface area contributed by atoms with E-state index in [1.807, 2.05) is 55.5 Å². The smallest absolute Gasteiger partial charge is 0.265 e. The van der Waals surface area contributed by atoms with Gasteiger partial charge in [0.25, 0.3) is 11.8 Å². The molecular formula is C22H18ClN3O2S. The number of carbonyl (C=O) groups is 2. The molecular weight excluding hydrogens is 406 g/mol. The van der Waals surface area contributed by atoms with Crippen molar-refractivity contribution in [2.75, 3.05) is 7.05 Å². The Balaban J connectivity index is 1.87. The summed E-state index contributed by atoms with van der Waals surface area (Å²) in [5.41, 5.74) is 3.82. The molecule has 5 nitrogen and oxygen atoms in total. The van der Waals surface area contributed by atoms with Gasteiger partial charge in [-0.1, -0.05) is 48.0 Å². The van der Waals surface area contributed by atoms with E-state index in [4.69, 9.17) is 23.8 Å². The highest BCUT2D eigenvalue weighted by atomic mass is 35.5. The van der Waals surface area contributed by atoms with Crippen LogP contribution in [0.2, 0.25) is 5.02 Å². The number of amides is 2. The fourth-order valence-electron chi connectivity index (χ4n) is 3.53. The molecule has 1 N–H and O–H groups in total. The lowest BCUT2D eigenvalue weighted by Crippen LogP contribution is -2.52. The molecule has 2 amide bonds. The third-order valence-electron chi connectivity index (χ3n) is 5.16. The zero-order chi connectivity index (χ0) is 20.7. The van der Waals surface area contributed by atoms with Crippen LogP contribution in [-0.2, 0) is 16.1 Å². The van der Waals surface area contributed by atoms with Crippen LogP contribution >= 0.6 is 23.8 Å². The van der Waals surface area contributed by atoms with Crippen molar-refractivity contribution < 1.29 is 9.59 Å². The molecule has 1 saturated heterocycles. The van der Waals surface area contributed by atoms with Gasteiger partial charge in [0.2, 0.25) is 0 Å². The first-order valence-electron chi connectivity index (χ1n) is 9.04. The minimum absolute atomic E-state index is 0.0600. The Labute approximate surface area is 178 Å². The van der Waals surface area contributed by atoms with Crippen LogP contribution in [0.5, 0.6) is 0 Å². The summed E-state index contributed by atoms with van der Waals surface area (Å²) in [5.74, 6) is -0.901. The number of nitrogens with one attached hydrogen (secondary N) is 1. The highest BCUT2D eigenvalue weighted by Crippen LogP contribution is 2.30. The van der Waals surface area contributed by atoms with Crippen molar-refractivity contribution in [3.05, 3.63) is 75.9 Å². The number of nitrogens with zero attached hydrogens (tertiary/aromatic N) is 2. The number of aromatic nitrogens is 1. The summed E-state index contributed by atoms with van der Waals surface area (Å²) in [6.07, 6.45) is 1.65. The second-order valence-corrected chi connectivity index (χ2v) is 7.67. The summed E-state index contributed by atoms with van der Waals surface area (Å²) in [7, 11) is 1.55. The van der Waals surface area contributed by atoms with Crippen molar-refractivity contribution in [3.8, 4) is 0 Å². The van der Waals surface area contributed by atoms with Crippen molar-refractivity contribution in [1.82, 2.24) is 14.8 Å². The van der Waals surface area contributed by atoms with E-state index in [-0.39, 0.29) is 10.7 Å². The quantitative estimate of drug-likeness (QED) is 0.395. The maximum absolute atomic E-state index is 12.6. The number of thiocarbonyl (C=S) groups is 1. The maximum Gasteiger partial charge on any atom is 0.265 e. The van der Waals surface area contributed by atoms with Gasteiger partial charge in [-0.15, -0.1) is 0 Å². The van der Waals surface area contributed by atoms with Crippen molar-refractivity contribution in [2.45, 2.75) is 13.5 Å². The van der Waals surface area contributed by atoms with Crippen LogP contribution in [0.1, 0.15) is 16.8 Å².